The minimum absolute atomic E-state index is 0.0147. The summed E-state index contributed by atoms with van der Waals surface area (Å²) in [6.07, 6.45) is 3.69. The molecule has 2 aromatic carbocycles. The summed E-state index contributed by atoms with van der Waals surface area (Å²) in [5, 5.41) is 0. The van der Waals surface area contributed by atoms with Gasteiger partial charge in [-0.25, -0.2) is 17.5 Å². The first-order chi connectivity index (χ1) is 13.0. The van der Waals surface area contributed by atoms with Gasteiger partial charge in [-0.1, -0.05) is 30.7 Å². The molecule has 1 saturated heterocycles. The van der Waals surface area contributed by atoms with Crippen LogP contribution in [0, 0.1) is 5.82 Å². The number of nitrogens with one attached hydrogen (secondary N) is 1. The van der Waals surface area contributed by atoms with Crippen molar-refractivity contribution in [2.75, 3.05) is 20.2 Å². The molecule has 0 bridgehead atoms. The fourth-order valence-electron chi connectivity index (χ4n) is 3.31. The Bertz CT molecular complexity index is 881. The molecule has 3 rings (SSSR count). The smallest absolute Gasteiger partial charge is 0.240 e. The van der Waals surface area contributed by atoms with Crippen LogP contribution in [0.3, 0.4) is 0 Å². The maximum Gasteiger partial charge on any atom is 0.240 e. The fraction of sp³-hybridized carbons (Fsp3) is 0.400. The number of halogens is 1. The van der Waals surface area contributed by atoms with Crippen LogP contribution in [0.5, 0.6) is 5.75 Å². The lowest BCUT2D eigenvalue weighted by Gasteiger charge is -2.27. The van der Waals surface area contributed by atoms with Gasteiger partial charge in [0.15, 0.2) is 11.6 Å². The largest absolute Gasteiger partial charge is 0.494 e. The lowest BCUT2D eigenvalue weighted by Crippen LogP contribution is -2.30. The zero-order valence-corrected chi connectivity index (χ0v) is 16.3. The van der Waals surface area contributed by atoms with Crippen LogP contribution in [-0.4, -0.2) is 33.5 Å². The van der Waals surface area contributed by atoms with Gasteiger partial charge in [0.2, 0.25) is 10.0 Å². The minimum Gasteiger partial charge on any atom is -0.494 e. The second-order valence-corrected chi connectivity index (χ2v) is 8.49. The zero-order valence-electron chi connectivity index (χ0n) is 15.4. The molecule has 1 N–H and O–H groups in total. The first-order valence-corrected chi connectivity index (χ1v) is 10.6. The third kappa shape index (κ3) is 5.06. The summed E-state index contributed by atoms with van der Waals surface area (Å²) in [6, 6.07) is 11.5. The minimum atomic E-state index is -3.81. The molecule has 27 heavy (non-hydrogen) atoms. The Morgan fingerprint density at radius 3 is 2.44 bits per heavy atom. The SMILES string of the molecule is COc1ccc(S(=O)(=O)NCc2ccccc2CN2CCCCC2)cc1F. The number of hydrogen-bond donors (Lipinski definition) is 1. The maximum absolute atomic E-state index is 13.8. The Morgan fingerprint density at radius 1 is 1.07 bits per heavy atom. The number of likely N-dealkylation sites (tertiary alicyclic amines) is 1. The third-order valence-corrected chi connectivity index (χ3v) is 6.25. The molecule has 0 saturated carbocycles. The summed E-state index contributed by atoms with van der Waals surface area (Å²) in [6.45, 7) is 3.13. The summed E-state index contributed by atoms with van der Waals surface area (Å²) in [5.41, 5.74) is 2.05. The number of rotatable bonds is 7. The van der Waals surface area contributed by atoms with Crippen molar-refractivity contribution in [3.8, 4) is 5.75 Å². The van der Waals surface area contributed by atoms with Gasteiger partial charge in [0.1, 0.15) is 0 Å². The highest BCUT2D eigenvalue weighted by Crippen LogP contribution is 2.21. The molecule has 1 aliphatic heterocycles. The average Bonchev–Trinajstić information content (AvgIpc) is 2.68. The highest BCUT2D eigenvalue weighted by Gasteiger charge is 2.18. The van der Waals surface area contributed by atoms with Crippen LogP contribution in [0.25, 0.3) is 0 Å². The van der Waals surface area contributed by atoms with Gasteiger partial charge >= 0.3 is 0 Å². The Kier molecular flexibility index (Phi) is 6.46. The second kappa shape index (κ2) is 8.82. The molecule has 146 valence electrons. The van der Waals surface area contributed by atoms with E-state index in [-0.39, 0.29) is 17.2 Å². The van der Waals surface area contributed by atoms with Gasteiger partial charge in [-0.3, -0.25) is 4.90 Å². The van der Waals surface area contributed by atoms with E-state index in [4.69, 9.17) is 4.74 Å². The van der Waals surface area contributed by atoms with E-state index in [9.17, 15) is 12.8 Å². The number of ether oxygens (including phenoxy) is 1. The molecular weight excluding hydrogens is 367 g/mol. The number of hydrogen-bond acceptors (Lipinski definition) is 4. The van der Waals surface area contributed by atoms with Crippen LogP contribution in [0.15, 0.2) is 47.4 Å². The van der Waals surface area contributed by atoms with Crippen LogP contribution in [0.2, 0.25) is 0 Å². The predicted octanol–water partition coefficient (Wildman–Crippen LogP) is 3.30. The van der Waals surface area contributed by atoms with Gasteiger partial charge in [0, 0.05) is 13.1 Å². The van der Waals surface area contributed by atoms with Crippen molar-refractivity contribution >= 4 is 10.0 Å². The topological polar surface area (TPSA) is 58.6 Å². The van der Waals surface area contributed by atoms with E-state index in [1.807, 2.05) is 24.3 Å². The fourth-order valence-corrected chi connectivity index (χ4v) is 4.33. The summed E-state index contributed by atoms with van der Waals surface area (Å²) in [4.78, 5) is 2.28. The van der Waals surface area contributed by atoms with Crippen molar-refractivity contribution in [3.05, 3.63) is 59.4 Å². The van der Waals surface area contributed by atoms with Crippen LogP contribution >= 0.6 is 0 Å². The molecule has 0 radical (unpaired) electrons. The lowest BCUT2D eigenvalue weighted by atomic mass is 10.1. The molecular formula is C20H25FN2O3S. The molecule has 1 heterocycles. The lowest BCUT2D eigenvalue weighted by molar-refractivity contribution is 0.220. The van der Waals surface area contributed by atoms with E-state index in [0.29, 0.717) is 0 Å². The first-order valence-electron chi connectivity index (χ1n) is 9.12. The molecule has 1 fully saturated rings. The van der Waals surface area contributed by atoms with Crippen molar-refractivity contribution in [1.82, 2.24) is 9.62 Å². The summed E-state index contributed by atoms with van der Waals surface area (Å²) in [5.74, 6) is -0.688. The molecule has 0 amide bonds. The Morgan fingerprint density at radius 2 is 1.78 bits per heavy atom. The van der Waals surface area contributed by atoms with E-state index in [2.05, 4.69) is 9.62 Å². The Hall–Kier alpha value is -1.96. The highest BCUT2D eigenvalue weighted by molar-refractivity contribution is 7.89. The predicted molar refractivity (Wildman–Crippen MR) is 103 cm³/mol. The quantitative estimate of drug-likeness (QED) is 0.786. The highest BCUT2D eigenvalue weighted by atomic mass is 32.2. The monoisotopic (exact) mass is 392 g/mol. The van der Waals surface area contributed by atoms with Crippen LogP contribution in [-0.2, 0) is 23.1 Å². The summed E-state index contributed by atoms with van der Waals surface area (Å²) >= 11 is 0. The van der Waals surface area contributed by atoms with E-state index in [1.165, 1.54) is 38.5 Å². The van der Waals surface area contributed by atoms with Gasteiger partial charge < -0.3 is 4.74 Å². The van der Waals surface area contributed by atoms with E-state index in [0.717, 1.165) is 36.8 Å². The summed E-state index contributed by atoms with van der Waals surface area (Å²) < 4.78 is 46.3. The number of benzene rings is 2. The van der Waals surface area contributed by atoms with Crippen molar-refractivity contribution in [2.45, 2.75) is 37.2 Å². The van der Waals surface area contributed by atoms with Gasteiger partial charge in [0.25, 0.3) is 0 Å². The van der Waals surface area contributed by atoms with E-state index in [1.54, 1.807) is 0 Å². The number of methoxy groups -OCH3 is 1. The molecule has 5 nitrogen and oxygen atoms in total. The van der Waals surface area contributed by atoms with Crippen LogP contribution < -0.4 is 9.46 Å². The standard InChI is InChI=1S/C20H25FN2O3S/c1-26-20-10-9-18(13-19(20)21)27(24,25)22-14-16-7-3-4-8-17(16)15-23-11-5-2-6-12-23/h3-4,7-10,13,22H,2,5-6,11-12,14-15H2,1H3. The third-order valence-electron chi connectivity index (χ3n) is 4.85. The molecule has 0 aromatic heterocycles. The van der Waals surface area contributed by atoms with Crippen molar-refractivity contribution in [3.63, 3.8) is 0 Å². The molecule has 7 heteroatoms. The van der Waals surface area contributed by atoms with Crippen LogP contribution in [0.4, 0.5) is 4.39 Å². The van der Waals surface area contributed by atoms with Crippen molar-refractivity contribution in [1.29, 1.82) is 0 Å². The second-order valence-electron chi connectivity index (χ2n) is 6.73. The number of sulfonamides is 1. The van der Waals surface area contributed by atoms with Gasteiger partial charge in [-0.05, 0) is 55.3 Å². The first kappa shape index (κ1) is 19.8. The van der Waals surface area contributed by atoms with E-state index < -0.39 is 15.8 Å². The zero-order chi connectivity index (χ0) is 19.3. The van der Waals surface area contributed by atoms with Gasteiger partial charge in [-0.15, -0.1) is 0 Å². The molecule has 0 unspecified atom stereocenters. The number of nitrogens with zero attached hydrogens (tertiary/aromatic N) is 1. The molecule has 0 atom stereocenters. The molecule has 0 spiro atoms. The molecule has 0 aliphatic carbocycles. The van der Waals surface area contributed by atoms with Gasteiger partial charge in [-0.2, -0.15) is 0 Å². The maximum atomic E-state index is 13.8. The Balaban J connectivity index is 1.71. The normalized spacial score (nSPS) is 15.6. The van der Waals surface area contributed by atoms with Crippen molar-refractivity contribution < 1.29 is 17.5 Å². The number of piperidine rings is 1. The molecule has 2 aromatic rings. The van der Waals surface area contributed by atoms with Crippen molar-refractivity contribution in [2.24, 2.45) is 0 Å². The summed E-state index contributed by atoms with van der Waals surface area (Å²) in [7, 11) is -2.48. The van der Waals surface area contributed by atoms with Crippen LogP contribution in [0.1, 0.15) is 30.4 Å². The average molecular weight is 392 g/mol. The van der Waals surface area contributed by atoms with Gasteiger partial charge in [0.05, 0.1) is 12.0 Å². The Labute approximate surface area is 160 Å². The molecule has 1 aliphatic rings. The van der Waals surface area contributed by atoms with E-state index >= 15 is 0 Å².